The molecule has 0 spiro atoms. The summed E-state index contributed by atoms with van der Waals surface area (Å²) in [4.78, 5) is 0. The summed E-state index contributed by atoms with van der Waals surface area (Å²) in [5.74, 6) is 0. The lowest BCUT2D eigenvalue weighted by atomic mass is 9.59. The average Bonchev–Trinajstić information content (AvgIpc) is 2.55. The van der Waals surface area contributed by atoms with Gasteiger partial charge in [0.25, 0.3) is 0 Å². The minimum absolute atomic E-state index is 0.0155. The number of hydrogen-bond acceptors (Lipinski definition) is 0. The summed E-state index contributed by atoms with van der Waals surface area (Å²) in [5.41, 5.74) is 2.77. The van der Waals surface area contributed by atoms with Crippen LogP contribution in [0.3, 0.4) is 0 Å². The molecule has 0 nitrogen and oxygen atoms in total. The van der Waals surface area contributed by atoms with E-state index < -0.39 is 8.83 Å². The Balaban J connectivity index is 2.57. The lowest BCUT2D eigenvalue weighted by Gasteiger charge is -2.54. The summed E-state index contributed by atoms with van der Waals surface area (Å²) in [5, 5.41) is 0.0459. The van der Waals surface area contributed by atoms with E-state index in [1.54, 1.807) is 0 Å². The predicted molar refractivity (Wildman–Crippen MR) is 102 cm³/mol. The zero-order valence-electron chi connectivity index (χ0n) is 14.4. The van der Waals surface area contributed by atoms with Crippen molar-refractivity contribution in [3.05, 3.63) is 71.8 Å². The molecule has 0 N–H and O–H groups in total. The SMILES string of the molecule is CC(C)(c1ccccc1)C(C)([SiH2]Cl)C(C)(C)c1ccccc1. The zero-order valence-corrected chi connectivity index (χ0v) is 16.5. The van der Waals surface area contributed by atoms with Crippen molar-refractivity contribution in [2.75, 3.05) is 0 Å². The number of benzene rings is 2. The maximum Gasteiger partial charge on any atom is 0.132 e. The van der Waals surface area contributed by atoms with Crippen molar-refractivity contribution in [1.29, 1.82) is 0 Å². The van der Waals surface area contributed by atoms with E-state index in [0.29, 0.717) is 0 Å². The third-order valence-corrected chi connectivity index (χ3v) is 9.92. The summed E-state index contributed by atoms with van der Waals surface area (Å²) < 4.78 is 0. The van der Waals surface area contributed by atoms with Gasteiger partial charge < -0.3 is 0 Å². The molecule has 2 aromatic rings. The minimum Gasteiger partial charge on any atom is -0.176 e. The molecule has 118 valence electrons. The van der Waals surface area contributed by atoms with Crippen LogP contribution in [0.2, 0.25) is 5.04 Å². The van der Waals surface area contributed by atoms with E-state index in [4.69, 9.17) is 11.1 Å². The zero-order chi connectivity index (χ0) is 16.4. The first kappa shape index (κ1) is 17.3. The van der Waals surface area contributed by atoms with Gasteiger partial charge in [0.1, 0.15) is 8.83 Å². The molecule has 0 saturated heterocycles. The molecule has 22 heavy (non-hydrogen) atoms. The summed E-state index contributed by atoms with van der Waals surface area (Å²) >= 11 is 6.72. The first-order valence-corrected chi connectivity index (χ1v) is 10.8. The topological polar surface area (TPSA) is 0 Å². The highest BCUT2D eigenvalue weighted by Gasteiger charge is 2.52. The van der Waals surface area contributed by atoms with Crippen molar-refractivity contribution in [1.82, 2.24) is 0 Å². The van der Waals surface area contributed by atoms with E-state index in [2.05, 4.69) is 95.3 Å². The average molecular weight is 331 g/mol. The summed E-state index contributed by atoms with van der Waals surface area (Å²) in [6, 6.07) is 21.6. The maximum absolute atomic E-state index is 6.72. The Morgan fingerprint density at radius 1 is 0.636 bits per heavy atom. The predicted octanol–water partition coefficient (Wildman–Crippen LogP) is 5.44. The Morgan fingerprint density at radius 3 is 1.23 bits per heavy atom. The van der Waals surface area contributed by atoms with Crippen LogP contribution in [-0.2, 0) is 10.8 Å². The highest BCUT2D eigenvalue weighted by atomic mass is 35.6. The van der Waals surface area contributed by atoms with Gasteiger partial charge in [0, 0.05) is 0 Å². The van der Waals surface area contributed by atoms with Crippen molar-refractivity contribution in [3.8, 4) is 0 Å². The van der Waals surface area contributed by atoms with E-state index in [1.165, 1.54) is 11.1 Å². The van der Waals surface area contributed by atoms with Crippen LogP contribution in [-0.4, -0.2) is 8.83 Å². The number of hydrogen-bond donors (Lipinski definition) is 0. The molecule has 0 heterocycles. The molecule has 0 fully saturated rings. The molecule has 0 radical (unpaired) electrons. The molecule has 0 aliphatic carbocycles. The molecule has 0 saturated carbocycles. The van der Waals surface area contributed by atoms with Gasteiger partial charge in [0.2, 0.25) is 0 Å². The van der Waals surface area contributed by atoms with Crippen molar-refractivity contribution in [2.45, 2.75) is 50.5 Å². The smallest absolute Gasteiger partial charge is 0.132 e. The third-order valence-electron chi connectivity index (χ3n) is 6.02. The Labute approximate surface area is 142 Å². The second kappa shape index (κ2) is 6.21. The van der Waals surface area contributed by atoms with E-state index >= 15 is 0 Å². The van der Waals surface area contributed by atoms with Crippen molar-refractivity contribution in [2.24, 2.45) is 0 Å². The van der Waals surface area contributed by atoms with Crippen LogP contribution in [0, 0.1) is 0 Å². The van der Waals surface area contributed by atoms with Gasteiger partial charge in [-0.05, 0) is 27.0 Å². The molecule has 2 aromatic carbocycles. The molecule has 0 amide bonds. The van der Waals surface area contributed by atoms with Gasteiger partial charge in [0.15, 0.2) is 0 Å². The van der Waals surface area contributed by atoms with Crippen molar-refractivity contribution in [3.63, 3.8) is 0 Å². The number of rotatable bonds is 5. The van der Waals surface area contributed by atoms with E-state index in [9.17, 15) is 0 Å². The molecule has 2 heteroatoms. The molecule has 2 rings (SSSR count). The Bertz CT molecular complexity index is 551. The molecule has 0 atom stereocenters. The Kier molecular flexibility index (Phi) is 4.89. The van der Waals surface area contributed by atoms with Crippen molar-refractivity contribution < 1.29 is 0 Å². The number of halogens is 1. The monoisotopic (exact) mass is 330 g/mol. The highest BCUT2D eigenvalue weighted by Crippen LogP contribution is 2.59. The molecule has 0 aromatic heterocycles. The van der Waals surface area contributed by atoms with Gasteiger partial charge >= 0.3 is 0 Å². The highest BCUT2D eigenvalue weighted by molar-refractivity contribution is 6.95. The van der Waals surface area contributed by atoms with Crippen LogP contribution in [0.1, 0.15) is 45.7 Å². The van der Waals surface area contributed by atoms with Gasteiger partial charge in [-0.1, -0.05) is 95.3 Å². The maximum atomic E-state index is 6.72. The molecular weight excluding hydrogens is 304 g/mol. The quantitative estimate of drug-likeness (QED) is 0.505. The van der Waals surface area contributed by atoms with Gasteiger partial charge in [-0.15, -0.1) is 0 Å². The van der Waals surface area contributed by atoms with Crippen molar-refractivity contribution >= 4 is 19.9 Å². The van der Waals surface area contributed by atoms with Crippen LogP contribution in [0.4, 0.5) is 0 Å². The van der Waals surface area contributed by atoms with Crippen LogP contribution < -0.4 is 0 Å². The fraction of sp³-hybridized carbons (Fsp3) is 0.400. The molecule has 0 unspecified atom stereocenters. The first-order valence-electron chi connectivity index (χ1n) is 7.94. The summed E-state index contributed by atoms with van der Waals surface area (Å²) in [6.07, 6.45) is 0. The molecule has 0 bridgehead atoms. The van der Waals surface area contributed by atoms with Gasteiger partial charge in [0.05, 0.1) is 0 Å². The van der Waals surface area contributed by atoms with Crippen LogP contribution in [0.5, 0.6) is 0 Å². The second-order valence-corrected chi connectivity index (χ2v) is 9.93. The third kappa shape index (κ3) is 2.65. The van der Waals surface area contributed by atoms with Crippen LogP contribution in [0.25, 0.3) is 0 Å². The van der Waals surface area contributed by atoms with Crippen LogP contribution in [0.15, 0.2) is 60.7 Å². The Hall–Kier alpha value is -1.05. The van der Waals surface area contributed by atoms with E-state index in [-0.39, 0.29) is 15.9 Å². The van der Waals surface area contributed by atoms with E-state index in [1.807, 2.05) is 0 Å². The molecular formula is C20H27ClSi. The van der Waals surface area contributed by atoms with Gasteiger partial charge in [-0.3, -0.25) is 0 Å². The summed E-state index contributed by atoms with van der Waals surface area (Å²) in [6.45, 7) is 11.8. The van der Waals surface area contributed by atoms with Gasteiger partial charge in [-0.2, -0.15) is 11.1 Å². The summed E-state index contributed by atoms with van der Waals surface area (Å²) in [7, 11) is -0.792. The van der Waals surface area contributed by atoms with Gasteiger partial charge in [-0.25, -0.2) is 0 Å². The fourth-order valence-electron chi connectivity index (χ4n) is 3.46. The lowest BCUT2D eigenvalue weighted by Crippen LogP contribution is -2.48. The Morgan fingerprint density at radius 2 is 0.955 bits per heavy atom. The van der Waals surface area contributed by atoms with Crippen LogP contribution >= 0.6 is 11.1 Å². The molecule has 0 aliphatic heterocycles. The lowest BCUT2D eigenvalue weighted by molar-refractivity contribution is 0.241. The standard InChI is InChI=1S/C20H27ClSi/c1-18(2,16-12-8-6-9-13-16)20(5,22-21)19(3,4)17-14-10-7-11-15-17/h6-15H,22H2,1-5H3. The normalized spacial score (nSPS) is 13.7. The largest absolute Gasteiger partial charge is 0.176 e. The first-order chi connectivity index (χ1) is 10.3. The van der Waals surface area contributed by atoms with E-state index in [0.717, 1.165) is 0 Å². The second-order valence-electron chi connectivity index (χ2n) is 7.45. The molecule has 0 aliphatic rings. The minimum atomic E-state index is -0.792. The fourth-order valence-corrected chi connectivity index (χ4v) is 6.54.